The first-order chi connectivity index (χ1) is 10.5. The number of rotatable bonds is 6. The van der Waals surface area contributed by atoms with Crippen LogP contribution in [-0.4, -0.2) is 49.5 Å². The van der Waals surface area contributed by atoms with Crippen LogP contribution in [0.15, 0.2) is 36.7 Å². The minimum Gasteiger partial charge on any atom is -0.480 e. The van der Waals surface area contributed by atoms with Crippen LogP contribution in [0.25, 0.3) is 5.69 Å². The summed E-state index contributed by atoms with van der Waals surface area (Å²) in [5.41, 5.74) is 1.12. The predicted octanol–water partition coefficient (Wildman–Crippen LogP) is 1.59. The van der Waals surface area contributed by atoms with Gasteiger partial charge in [0.2, 0.25) is 0 Å². The van der Waals surface area contributed by atoms with Crippen LogP contribution in [0.3, 0.4) is 0 Å². The second-order valence-electron chi connectivity index (χ2n) is 4.98. The van der Waals surface area contributed by atoms with Gasteiger partial charge in [-0.05, 0) is 31.5 Å². The lowest BCUT2D eigenvalue weighted by Gasteiger charge is -2.27. The van der Waals surface area contributed by atoms with Gasteiger partial charge >= 0.3 is 5.97 Å². The number of aliphatic carboxylic acids is 1. The van der Waals surface area contributed by atoms with Crippen molar-refractivity contribution in [2.75, 3.05) is 6.54 Å². The lowest BCUT2D eigenvalue weighted by atomic mass is 10.1. The Morgan fingerprint density at radius 3 is 2.77 bits per heavy atom. The van der Waals surface area contributed by atoms with Crippen molar-refractivity contribution in [1.29, 1.82) is 0 Å². The first-order valence-electron chi connectivity index (χ1n) is 7.02. The number of carboxylic acids is 1. The molecule has 116 valence electrons. The van der Waals surface area contributed by atoms with Crippen molar-refractivity contribution < 1.29 is 14.7 Å². The minimum absolute atomic E-state index is 0.154. The van der Waals surface area contributed by atoms with Gasteiger partial charge in [-0.2, -0.15) is 0 Å². The number of carbonyl (C=O) groups excluding carboxylic acids is 1. The number of aromatic nitrogens is 3. The molecule has 0 saturated heterocycles. The van der Waals surface area contributed by atoms with Crippen LogP contribution in [0.2, 0.25) is 0 Å². The standard InChI is InChI=1S/C15H18N4O3/c1-3-11(2)18(10-14(20)21)15(22)12-5-4-6-13(9-12)19-8-7-16-17-19/h4-9,11H,3,10H2,1-2H3,(H,20,21). The molecular formula is C15H18N4O3. The number of carboxylic acid groups (broad SMARTS) is 1. The predicted molar refractivity (Wildman–Crippen MR) is 79.8 cm³/mol. The number of carbonyl (C=O) groups is 2. The first kappa shape index (κ1) is 15.7. The summed E-state index contributed by atoms with van der Waals surface area (Å²) in [4.78, 5) is 25.0. The fourth-order valence-electron chi connectivity index (χ4n) is 2.09. The van der Waals surface area contributed by atoms with E-state index in [4.69, 9.17) is 5.11 Å². The van der Waals surface area contributed by atoms with Gasteiger partial charge in [0.15, 0.2) is 0 Å². The molecule has 7 nitrogen and oxygen atoms in total. The van der Waals surface area contributed by atoms with Crippen molar-refractivity contribution >= 4 is 11.9 Å². The van der Waals surface area contributed by atoms with E-state index in [1.165, 1.54) is 4.90 Å². The molecule has 1 N–H and O–H groups in total. The van der Waals surface area contributed by atoms with E-state index < -0.39 is 5.97 Å². The van der Waals surface area contributed by atoms with Crippen molar-refractivity contribution in [2.24, 2.45) is 0 Å². The number of hydrogen-bond donors (Lipinski definition) is 1. The summed E-state index contributed by atoms with van der Waals surface area (Å²) in [7, 11) is 0. The summed E-state index contributed by atoms with van der Waals surface area (Å²) >= 11 is 0. The van der Waals surface area contributed by atoms with Crippen molar-refractivity contribution in [3.05, 3.63) is 42.2 Å². The molecule has 1 amide bonds. The molecule has 0 spiro atoms. The quantitative estimate of drug-likeness (QED) is 0.875. The molecule has 1 unspecified atom stereocenters. The Balaban J connectivity index is 2.30. The maximum Gasteiger partial charge on any atom is 0.323 e. The Kier molecular flexibility index (Phi) is 4.88. The third kappa shape index (κ3) is 3.49. The molecular weight excluding hydrogens is 284 g/mol. The number of hydrogen-bond acceptors (Lipinski definition) is 4. The summed E-state index contributed by atoms with van der Waals surface area (Å²) in [5.74, 6) is -1.33. The molecule has 1 aromatic heterocycles. The summed E-state index contributed by atoms with van der Waals surface area (Å²) in [6, 6.07) is 6.73. The molecule has 1 aromatic carbocycles. The highest BCUT2D eigenvalue weighted by Crippen LogP contribution is 2.14. The highest BCUT2D eigenvalue weighted by Gasteiger charge is 2.23. The second-order valence-corrected chi connectivity index (χ2v) is 4.98. The normalized spacial score (nSPS) is 11.9. The molecule has 2 aromatic rings. The SMILES string of the molecule is CCC(C)N(CC(=O)O)C(=O)c1cccc(-n2ccnn2)c1. The largest absolute Gasteiger partial charge is 0.480 e. The molecule has 0 fully saturated rings. The highest BCUT2D eigenvalue weighted by atomic mass is 16.4. The van der Waals surface area contributed by atoms with Gasteiger partial charge in [-0.25, -0.2) is 4.68 Å². The maximum atomic E-state index is 12.6. The van der Waals surface area contributed by atoms with Crippen LogP contribution in [0.1, 0.15) is 30.6 Å². The van der Waals surface area contributed by atoms with E-state index in [0.717, 1.165) is 0 Å². The summed E-state index contributed by atoms with van der Waals surface area (Å²) in [6.07, 6.45) is 3.90. The van der Waals surface area contributed by atoms with Crippen LogP contribution in [0.5, 0.6) is 0 Å². The third-order valence-corrected chi connectivity index (χ3v) is 3.47. The average molecular weight is 302 g/mol. The maximum absolute atomic E-state index is 12.6. The molecule has 1 heterocycles. The van der Waals surface area contributed by atoms with Crippen LogP contribution in [0.4, 0.5) is 0 Å². The van der Waals surface area contributed by atoms with E-state index in [1.54, 1.807) is 41.3 Å². The van der Waals surface area contributed by atoms with Gasteiger partial charge in [-0.1, -0.05) is 18.2 Å². The van der Waals surface area contributed by atoms with Crippen LogP contribution >= 0.6 is 0 Å². The number of benzene rings is 1. The van der Waals surface area contributed by atoms with Gasteiger partial charge < -0.3 is 10.0 Å². The van der Waals surface area contributed by atoms with E-state index in [9.17, 15) is 9.59 Å². The van der Waals surface area contributed by atoms with Crippen LogP contribution < -0.4 is 0 Å². The molecule has 0 bridgehead atoms. The Labute approximate surface area is 128 Å². The van der Waals surface area contributed by atoms with Crippen molar-refractivity contribution in [3.8, 4) is 5.69 Å². The molecule has 1 atom stereocenters. The molecule has 0 radical (unpaired) electrons. The van der Waals surface area contributed by atoms with E-state index >= 15 is 0 Å². The second kappa shape index (κ2) is 6.84. The summed E-state index contributed by atoms with van der Waals surface area (Å²) in [5, 5.41) is 16.6. The molecule has 2 rings (SSSR count). The number of nitrogens with zero attached hydrogens (tertiary/aromatic N) is 4. The van der Waals surface area contributed by atoms with Crippen molar-refractivity contribution in [2.45, 2.75) is 26.3 Å². The zero-order chi connectivity index (χ0) is 16.1. The zero-order valence-corrected chi connectivity index (χ0v) is 12.5. The molecule has 7 heteroatoms. The fourth-order valence-corrected chi connectivity index (χ4v) is 2.09. The van der Waals surface area contributed by atoms with Gasteiger partial charge in [0, 0.05) is 11.6 Å². The first-order valence-corrected chi connectivity index (χ1v) is 7.02. The fraction of sp³-hybridized carbons (Fsp3) is 0.333. The lowest BCUT2D eigenvalue weighted by molar-refractivity contribution is -0.138. The molecule has 22 heavy (non-hydrogen) atoms. The van der Waals surface area contributed by atoms with E-state index in [-0.39, 0.29) is 18.5 Å². The highest BCUT2D eigenvalue weighted by molar-refractivity contribution is 5.96. The number of amides is 1. The Morgan fingerprint density at radius 2 is 2.18 bits per heavy atom. The molecule has 0 aliphatic carbocycles. The molecule has 0 aliphatic rings. The molecule has 0 aliphatic heterocycles. The summed E-state index contributed by atoms with van der Waals surface area (Å²) < 4.78 is 1.54. The van der Waals surface area contributed by atoms with E-state index in [1.807, 2.05) is 13.8 Å². The van der Waals surface area contributed by atoms with Gasteiger partial charge in [0.25, 0.3) is 5.91 Å². The zero-order valence-electron chi connectivity index (χ0n) is 12.5. The minimum atomic E-state index is -1.03. The van der Waals surface area contributed by atoms with Crippen molar-refractivity contribution in [1.82, 2.24) is 19.9 Å². The van der Waals surface area contributed by atoms with Crippen LogP contribution in [-0.2, 0) is 4.79 Å². The van der Waals surface area contributed by atoms with Gasteiger partial charge in [-0.15, -0.1) is 5.10 Å². The van der Waals surface area contributed by atoms with E-state index in [2.05, 4.69) is 10.3 Å². The van der Waals surface area contributed by atoms with Crippen molar-refractivity contribution in [3.63, 3.8) is 0 Å². The summed E-state index contributed by atoms with van der Waals surface area (Å²) in [6.45, 7) is 3.43. The topological polar surface area (TPSA) is 88.3 Å². The lowest BCUT2D eigenvalue weighted by Crippen LogP contribution is -2.41. The van der Waals surface area contributed by atoms with Crippen LogP contribution in [0, 0.1) is 0 Å². The van der Waals surface area contributed by atoms with Gasteiger partial charge in [0.1, 0.15) is 6.54 Å². The van der Waals surface area contributed by atoms with Gasteiger partial charge in [0.05, 0.1) is 18.1 Å². The molecule has 0 saturated carbocycles. The smallest absolute Gasteiger partial charge is 0.323 e. The monoisotopic (exact) mass is 302 g/mol. The Hall–Kier alpha value is -2.70. The average Bonchev–Trinajstić information content (AvgIpc) is 3.05. The van der Waals surface area contributed by atoms with E-state index in [0.29, 0.717) is 17.7 Å². The third-order valence-electron chi connectivity index (χ3n) is 3.47. The Bertz CT molecular complexity index is 655. The van der Waals surface area contributed by atoms with Gasteiger partial charge in [-0.3, -0.25) is 9.59 Å². The Morgan fingerprint density at radius 1 is 1.41 bits per heavy atom.